The van der Waals surface area contributed by atoms with Crippen LogP contribution in [0.2, 0.25) is 0 Å². The molecular formula is C84H100O28. The van der Waals surface area contributed by atoms with Crippen LogP contribution in [0.5, 0.6) is 115 Å². The monoisotopic (exact) mass is 1560 g/mol. The maximum absolute atomic E-state index is 13.4. The van der Waals surface area contributed by atoms with Crippen LogP contribution >= 0.6 is 0 Å². The summed E-state index contributed by atoms with van der Waals surface area (Å²) < 4.78 is 110. The van der Waals surface area contributed by atoms with E-state index in [0.29, 0.717) is 143 Å². The molecule has 604 valence electrons. The van der Waals surface area contributed by atoms with Crippen molar-refractivity contribution in [3.63, 3.8) is 0 Å². The molecule has 0 aromatic heterocycles. The Labute approximate surface area is 651 Å². The van der Waals surface area contributed by atoms with E-state index in [0.717, 1.165) is 22.3 Å². The Morgan fingerprint density at radius 3 is 0.589 bits per heavy atom. The van der Waals surface area contributed by atoms with Crippen molar-refractivity contribution in [3.8, 4) is 115 Å². The van der Waals surface area contributed by atoms with Gasteiger partial charge in [-0.25, -0.2) is 19.2 Å². The highest BCUT2D eigenvalue weighted by molar-refractivity contribution is 5.95. The van der Waals surface area contributed by atoms with Gasteiger partial charge in [-0.1, -0.05) is 24.3 Å². The number of hydrogen-bond acceptors (Lipinski definition) is 28. The number of aliphatic hydroxyl groups is 4. The number of methoxy groups -OCH3 is 16. The first kappa shape index (κ1) is 87.5. The van der Waals surface area contributed by atoms with Gasteiger partial charge in [-0.3, -0.25) is 0 Å². The molecule has 8 aromatic rings. The Balaban J connectivity index is 0.000000311. The number of ether oxygens (including phenoxy) is 20. The number of esters is 4. The molecule has 112 heavy (non-hydrogen) atoms. The molecule has 8 rings (SSSR count). The molecule has 0 radical (unpaired) electrons. The molecule has 0 saturated heterocycles. The fraction of sp³-hybridized carbons (Fsp3) is 0.381. The van der Waals surface area contributed by atoms with Crippen LogP contribution in [-0.4, -0.2) is 184 Å². The number of carbonyl (C=O) groups is 4. The van der Waals surface area contributed by atoms with Gasteiger partial charge >= 0.3 is 23.9 Å². The van der Waals surface area contributed by atoms with Gasteiger partial charge in [0, 0.05) is 26.4 Å². The topological polar surface area (TPSA) is 334 Å². The van der Waals surface area contributed by atoms with Crippen LogP contribution in [-0.2, 0) is 25.7 Å². The van der Waals surface area contributed by atoms with Gasteiger partial charge in [-0.15, -0.1) is 0 Å². The average Bonchev–Trinajstić information content (AvgIpc) is 0.820. The van der Waals surface area contributed by atoms with E-state index in [1.54, 1.807) is 48.5 Å². The van der Waals surface area contributed by atoms with Gasteiger partial charge in [-0.2, -0.15) is 0 Å². The molecule has 0 amide bonds. The molecule has 8 aromatic carbocycles. The van der Waals surface area contributed by atoms with Gasteiger partial charge in [0.1, 0.15) is 0 Å². The molecule has 0 unspecified atom stereocenters. The number of benzene rings is 8. The van der Waals surface area contributed by atoms with E-state index in [2.05, 4.69) is 0 Å². The minimum atomic E-state index is -0.680. The van der Waals surface area contributed by atoms with Crippen molar-refractivity contribution in [2.45, 2.75) is 51.4 Å². The maximum atomic E-state index is 13.4. The second kappa shape index (κ2) is 43.6. The molecule has 28 nitrogen and oxygen atoms in total. The van der Waals surface area contributed by atoms with Crippen molar-refractivity contribution in [1.82, 2.24) is 0 Å². The summed E-state index contributed by atoms with van der Waals surface area (Å²) in [6.07, 6.45) is 3.95. The van der Waals surface area contributed by atoms with Crippen molar-refractivity contribution in [2.75, 3.05) is 140 Å². The highest BCUT2D eigenvalue weighted by atomic mass is 16.6. The third-order valence-corrected chi connectivity index (χ3v) is 18.6. The molecule has 28 heteroatoms. The number of aliphatic hydroxyl groups excluding tert-OH is 4. The Hall–Kier alpha value is -11.7. The molecule has 0 aliphatic rings. The SMILES string of the molecule is COc1ccc(C[C@@H](CO)[C@H](CCCO)Cc2ccc(OC)c(OC(=O)c3cc(OC)c(OC)c(OC)c3)c2)cc1OC(=O)c1cc(OC)c(OC)c(OC)c1.COc1ccc(C[C@H](CO)[C@@H](CCCO)Cc2ccc(OC)c(OC(=O)c3cc(OC)c(OC)c(OC)c3)c2)cc1OC(=O)c1cc(OC)c(OC)c(OC)c1. The predicted octanol–water partition coefficient (Wildman–Crippen LogP) is 12.0. The lowest BCUT2D eigenvalue weighted by atomic mass is 9.80. The molecule has 4 atom stereocenters. The molecule has 0 aliphatic carbocycles. The summed E-state index contributed by atoms with van der Waals surface area (Å²) in [4.78, 5) is 53.6. The lowest BCUT2D eigenvalue weighted by molar-refractivity contribution is 0.0719. The third-order valence-electron chi connectivity index (χ3n) is 18.6. The van der Waals surface area contributed by atoms with E-state index in [4.69, 9.17) is 94.7 Å². The maximum Gasteiger partial charge on any atom is 0.343 e. The normalized spacial score (nSPS) is 11.8. The predicted molar refractivity (Wildman–Crippen MR) is 412 cm³/mol. The standard InChI is InChI=1S/2C42H50O14/c2*1-47-31-13-11-25(18-33(31)55-41(45)28-20-35(49-3)39(53-7)36(21-28)50-4)16-27(10-9-15-43)30(24-44)17-26-12-14-32(48-2)34(19-26)56-42(46)29-22-37(51-5)40(54-8)38(23-29)52-6/h2*11-14,18-23,27,30,43-44H,9-10,15-17,24H2,1-8H3/t2*27-,30+/m10/s1. The summed E-state index contributed by atoms with van der Waals surface area (Å²) in [7, 11) is 23.4. The first-order valence-corrected chi connectivity index (χ1v) is 35.4. The Bertz CT molecular complexity index is 4060. The average molecular weight is 1560 g/mol. The third kappa shape index (κ3) is 22.3. The highest BCUT2D eigenvalue weighted by Crippen LogP contribution is 2.45. The van der Waals surface area contributed by atoms with Gasteiger partial charge in [0.2, 0.25) is 23.0 Å². The van der Waals surface area contributed by atoms with Crippen LogP contribution in [0.3, 0.4) is 0 Å². The minimum absolute atomic E-state index is 0.0293. The zero-order valence-corrected chi connectivity index (χ0v) is 65.9. The van der Waals surface area contributed by atoms with E-state index >= 15 is 0 Å². The number of carbonyl (C=O) groups excluding carboxylic acids is 4. The molecule has 4 N–H and O–H groups in total. The van der Waals surface area contributed by atoms with E-state index in [-0.39, 0.29) is 95.4 Å². The second-order valence-electron chi connectivity index (χ2n) is 25.1. The van der Waals surface area contributed by atoms with Gasteiger partial charge in [0.15, 0.2) is 92.0 Å². The van der Waals surface area contributed by atoms with Crippen LogP contribution < -0.4 is 94.7 Å². The largest absolute Gasteiger partial charge is 0.493 e. The summed E-state index contributed by atoms with van der Waals surface area (Å²) in [5.41, 5.74) is 3.85. The quantitative estimate of drug-likeness (QED) is 0.0204. The molecule has 0 fully saturated rings. The molecule has 0 aliphatic heterocycles. The highest BCUT2D eigenvalue weighted by Gasteiger charge is 2.30. The molecule has 0 heterocycles. The summed E-state index contributed by atoms with van der Waals surface area (Å²) in [5, 5.41) is 41.0. The fourth-order valence-electron chi connectivity index (χ4n) is 12.8. The fourth-order valence-corrected chi connectivity index (χ4v) is 12.8. The van der Waals surface area contributed by atoms with Gasteiger partial charge in [-0.05, 0) is 194 Å². The van der Waals surface area contributed by atoms with E-state index in [1.165, 1.54) is 162 Å². The lowest BCUT2D eigenvalue weighted by Crippen LogP contribution is -2.24. The zero-order chi connectivity index (χ0) is 81.6. The van der Waals surface area contributed by atoms with Crippen molar-refractivity contribution in [3.05, 3.63) is 166 Å². The number of hydrogen-bond donors (Lipinski definition) is 4. The van der Waals surface area contributed by atoms with Crippen LogP contribution in [0.1, 0.15) is 89.4 Å². The zero-order valence-electron chi connectivity index (χ0n) is 65.9. The number of rotatable bonds is 42. The Morgan fingerprint density at radius 1 is 0.241 bits per heavy atom. The summed E-state index contributed by atoms with van der Waals surface area (Å²) in [6.45, 7) is -0.388. The summed E-state index contributed by atoms with van der Waals surface area (Å²) >= 11 is 0. The van der Waals surface area contributed by atoms with Gasteiger partial charge < -0.3 is 115 Å². The lowest BCUT2D eigenvalue weighted by Gasteiger charge is -2.26. The molecular weight excluding hydrogens is 1460 g/mol. The molecule has 0 spiro atoms. The van der Waals surface area contributed by atoms with E-state index < -0.39 is 23.9 Å². The van der Waals surface area contributed by atoms with Crippen LogP contribution in [0.4, 0.5) is 0 Å². The minimum Gasteiger partial charge on any atom is -0.493 e. The molecule has 0 bridgehead atoms. The van der Waals surface area contributed by atoms with Crippen molar-refractivity contribution >= 4 is 23.9 Å². The van der Waals surface area contributed by atoms with Gasteiger partial charge in [0.25, 0.3) is 0 Å². The Morgan fingerprint density at radius 2 is 0.429 bits per heavy atom. The van der Waals surface area contributed by atoms with E-state index in [9.17, 15) is 39.6 Å². The first-order chi connectivity index (χ1) is 54.2. The Kier molecular flexibility index (Phi) is 34.1. The first-order valence-electron chi connectivity index (χ1n) is 35.4. The molecule has 0 saturated carbocycles. The van der Waals surface area contributed by atoms with Crippen molar-refractivity contribution in [2.24, 2.45) is 23.7 Å². The second-order valence-corrected chi connectivity index (χ2v) is 25.1. The smallest absolute Gasteiger partial charge is 0.343 e. The van der Waals surface area contributed by atoms with Crippen molar-refractivity contribution in [1.29, 1.82) is 0 Å². The van der Waals surface area contributed by atoms with Crippen LogP contribution in [0.25, 0.3) is 0 Å². The van der Waals surface area contributed by atoms with Crippen LogP contribution in [0, 0.1) is 23.7 Å². The van der Waals surface area contributed by atoms with Gasteiger partial charge in [0.05, 0.1) is 136 Å². The van der Waals surface area contributed by atoms with E-state index in [1.807, 2.05) is 24.3 Å². The summed E-state index contributed by atoms with van der Waals surface area (Å²) in [6, 6.07) is 33.0. The summed E-state index contributed by atoms with van der Waals surface area (Å²) in [5.74, 6) is 2.27. The van der Waals surface area contributed by atoms with Crippen molar-refractivity contribution < 1.29 is 134 Å². The van der Waals surface area contributed by atoms with Crippen LogP contribution in [0.15, 0.2) is 121 Å².